The predicted molar refractivity (Wildman–Crippen MR) is 94.5 cm³/mol. The Morgan fingerprint density at radius 2 is 2.20 bits per heavy atom. The molecule has 2 aromatic heterocycles. The molecule has 3 aromatic rings. The molecule has 25 heavy (non-hydrogen) atoms. The van der Waals surface area contributed by atoms with Gasteiger partial charge in [0, 0.05) is 5.69 Å². The van der Waals surface area contributed by atoms with Crippen LogP contribution in [0.3, 0.4) is 0 Å². The van der Waals surface area contributed by atoms with Crippen molar-refractivity contribution >= 4 is 17.2 Å². The Hall–Kier alpha value is -2.54. The summed E-state index contributed by atoms with van der Waals surface area (Å²) in [6.07, 6.45) is 5.35. The Balaban J connectivity index is 1.40. The van der Waals surface area contributed by atoms with Gasteiger partial charge in [0.15, 0.2) is 11.5 Å². The van der Waals surface area contributed by atoms with Gasteiger partial charge in [-0.2, -0.15) is 0 Å². The summed E-state index contributed by atoms with van der Waals surface area (Å²) < 4.78 is 7.52. The van der Waals surface area contributed by atoms with Crippen molar-refractivity contribution in [2.45, 2.75) is 45.3 Å². The highest BCUT2D eigenvalue weighted by Gasteiger charge is 2.19. The number of hydrogen-bond donors (Lipinski definition) is 1. The van der Waals surface area contributed by atoms with Gasteiger partial charge in [-0.15, -0.1) is 14.8 Å². The first-order valence-electron chi connectivity index (χ1n) is 8.79. The molecule has 0 spiro atoms. The van der Waals surface area contributed by atoms with Crippen LogP contribution in [0.4, 0.5) is 11.5 Å². The fraction of sp³-hybridized carbons (Fsp3) is 0.444. The van der Waals surface area contributed by atoms with E-state index in [2.05, 4.69) is 45.0 Å². The maximum Gasteiger partial charge on any atom is 0.200 e. The summed E-state index contributed by atoms with van der Waals surface area (Å²) in [6, 6.07) is 11.9. The summed E-state index contributed by atoms with van der Waals surface area (Å²) in [5.41, 5.74) is 2.75. The number of hydrogen-bond acceptors (Lipinski definition) is 6. The van der Waals surface area contributed by atoms with Crippen molar-refractivity contribution in [2.24, 2.45) is 5.92 Å². The van der Waals surface area contributed by atoms with Gasteiger partial charge >= 0.3 is 0 Å². The average Bonchev–Trinajstić information content (AvgIpc) is 3.08. The maximum absolute atomic E-state index is 6.12. The number of aromatic nitrogens is 5. The van der Waals surface area contributed by atoms with Crippen molar-refractivity contribution < 1.29 is 4.74 Å². The second-order valence-corrected chi connectivity index (χ2v) is 6.78. The summed E-state index contributed by atoms with van der Waals surface area (Å²) >= 11 is 0. The molecule has 0 unspecified atom stereocenters. The van der Waals surface area contributed by atoms with E-state index < -0.39 is 0 Å². The van der Waals surface area contributed by atoms with Gasteiger partial charge in [0.25, 0.3) is 0 Å². The molecule has 7 nitrogen and oxygen atoms in total. The molecule has 1 aliphatic carbocycles. The average molecular weight is 338 g/mol. The van der Waals surface area contributed by atoms with E-state index in [0.29, 0.717) is 24.2 Å². The summed E-state index contributed by atoms with van der Waals surface area (Å²) in [5, 5.41) is 18.9. The first kappa shape index (κ1) is 16.0. The van der Waals surface area contributed by atoms with Crippen molar-refractivity contribution in [3.8, 4) is 0 Å². The van der Waals surface area contributed by atoms with Gasteiger partial charge < -0.3 is 10.1 Å². The van der Waals surface area contributed by atoms with Crippen molar-refractivity contribution in [3.63, 3.8) is 0 Å². The van der Waals surface area contributed by atoms with Crippen LogP contribution in [0.15, 0.2) is 36.4 Å². The Morgan fingerprint density at radius 1 is 1.24 bits per heavy atom. The minimum Gasteiger partial charge on any atom is -0.374 e. The molecule has 2 atom stereocenters. The fourth-order valence-electron chi connectivity index (χ4n) is 3.35. The Labute approximate surface area is 146 Å². The number of benzene rings is 1. The molecule has 0 radical (unpaired) electrons. The molecule has 7 heteroatoms. The zero-order valence-electron chi connectivity index (χ0n) is 14.3. The topological polar surface area (TPSA) is 77.2 Å². The molecular weight excluding hydrogens is 316 g/mol. The Bertz CT molecular complexity index is 848. The number of rotatable bonds is 5. The van der Waals surface area contributed by atoms with Crippen LogP contribution in [0.2, 0.25) is 0 Å². The van der Waals surface area contributed by atoms with Crippen molar-refractivity contribution in [3.05, 3.63) is 42.0 Å². The van der Waals surface area contributed by atoms with Crippen LogP contribution in [0.1, 0.15) is 38.2 Å². The molecule has 4 rings (SSSR count). The predicted octanol–water partition coefficient (Wildman–Crippen LogP) is 3.36. The van der Waals surface area contributed by atoms with Crippen LogP contribution in [-0.2, 0) is 11.3 Å². The van der Waals surface area contributed by atoms with Crippen LogP contribution >= 0.6 is 0 Å². The number of nitrogens with zero attached hydrogens (tertiary/aromatic N) is 5. The number of fused-ring (bicyclic) bond motifs is 1. The molecule has 1 aliphatic rings. The highest BCUT2D eigenvalue weighted by Crippen LogP contribution is 2.26. The van der Waals surface area contributed by atoms with Crippen LogP contribution < -0.4 is 5.32 Å². The first-order valence-corrected chi connectivity index (χ1v) is 8.79. The van der Waals surface area contributed by atoms with E-state index >= 15 is 0 Å². The maximum atomic E-state index is 6.12. The molecule has 2 heterocycles. The smallest absolute Gasteiger partial charge is 0.200 e. The lowest BCUT2D eigenvalue weighted by molar-refractivity contribution is 0.00469. The molecular formula is C18H22N6O. The van der Waals surface area contributed by atoms with E-state index in [-0.39, 0.29) is 0 Å². The van der Waals surface area contributed by atoms with Crippen LogP contribution in [0.25, 0.3) is 5.65 Å². The van der Waals surface area contributed by atoms with Crippen molar-refractivity contribution in [1.29, 1.82) is 0 Å². The van der Waals surface area contributed by atoms with Gasteiger partial charge in [-0.1, -0.05) is 31.9 Å². The van der Waals surface area contributed by atoms with Crippen molar-refractivity contribution in [2.75, 3.05) is 5.32 Å². The van der Waals surface area contributed by atoms with E-state index in [1.807, 2.05) is 24.3 Å². The molecule has 1 fully saturated rings. The minimum absolute atomic E-state index is 0.393. The van der Waals surface area contributed by atoms with Gasteiger partial charge in [0.2, 0.25) is 0 Å². The van der Waals surface area contributed by atoms with Gasteiger partial charge in [0.1, 0.15) is 0 Å². The summed E-state index contributed by atoms with van der Waals surface area (Å²) in [6.45, 7) is 2.96. The highest BCUT2D eigenvalue weighted by atomic mass is 16.5. The largest absolute Gasteiger partial charge is 0.374 e. The highest BCUT2D eigenvalue weighted by molar-refractivity contribution is 5.57. The Kier molecular flexibility index (Phi) is 4.56. The second kappa shape index (κ2) is 7.14. The number of tetrazole rings is 1. The third-order valence-electron chi connectivity index (χ3n) is 4.64. The monoisotopic (exact) mass is 338 g/mol. The van der Waals surface area contributed by atoms with Crippen molar-refractivity contribution in [1.82, 2.24) is 25.3 Å². The SMILES string of the molecule is C[C@@H]1CCC[C@H](OCc2cccc(Nc3ccc4nnnn4n3)c2)C1. The van der Waals surface area contributed by atoms with Crippen LogP contribution in [-0.4, -0.2) is 31.4 Å². The molecule has 0 amide bonds. The minimum atomic E-state index is 0.393. The number of anilines is 2. The van der Waals surface area contributed by atoms with Crippen LogP contribution in [0.5, 0.6) is 0 Å². The van der Waals surface area contributed by atoms with Gasteiger partial charge in [-0.25, -0.2) is 0 Å². The molecule has 0 saturated heterocycles. The zero-order valence-corrected chi connectivity index (χ0v) is 14.3. The van der Waals surface area contributed by atoms with Gasteiger partial charge in [-0.05, 0) is 59.0 Å². The fourth-order valence-corrected chi connectivity index (χ4v) is 3.35. The van der Waals surface area contributed by atoms with Gasteiger partial charge in [-0.3, -0.25) is 0 Å². The normalized spacial score (nSPS) is 20.7. The molecule has 1 aromatic carbocycles. The summed E-state index contributed by atoms with van der Waals surface area (Å²) in [4.78, 5) is 0. The lowest BCUT2D eigenvalue weighted by atomic mass is 9.89. The van der Waals surface area contributed by atoms with Gasteiger partial charge in [0.05, 0.1) is 12.7 Å². The molecule has 1 N–H and O–H groups in total. The third-order valence-corrected chi connectivity index (χ3v) is 4.64. The number of nitrogens with one attached hydrogen (secondary N) is 1. The third kappa shape index (κ3) is 3.93. The quantitative estimate of drug-likeness (QED) is 0.769. The van der Waals surface area contributed by atoms with Crippen LogP contribution in [0, 0.1) is 5.92 Å². The lowest BCUT2D eigenvalue weighted by Gasteiger charge is -2.26. The molecule has 0 bridgehead atoms. The molecule has 130 valence electrons. The summed E-state index contributed by atoms with van der Waals surface area (Å²) in [7, 11) is 0. The lowest BCUT2D eigenvalue weighted by Crippen LogP contribution is -2.21. The first-order chi connectivity index (χ1) is 12.3. The Morgan fingerprint density at radius 3 is 3.12 bits per heavy atom. The molecule has 0 aliphatic heterocycles. The zero-order chi connectivity index (χ0) is 17.1. The summed E-state index contributed by atoms with van der Waals surface area (Å²) in [5.74, 6) is 1.47. The van der Waals surface area contributed by atoms with E-state index in [1.165, 1.54) is 30.3 Å². The van der Waals surface area contributed by atoms with E-state index in [1.54, 1.807) is 0 Å². The second-order valence-electron chi connectivity index (χ2n) is 6.78. The standard InChI is InChI=1S/C18H22N6O/c1-13-4-2-7-16(10-13)25-12-14-5-3-6-15(11-14)19-17-8-9-18-20-22-23-24(18)21-17/h3,5-6,8-9,11,13,16H,2,4,7,10,12H2,1H3,(H,19,21)/t13-,16+/m1/s1. The molecule has 1 saturated carbocycles. The van der Waals surface area contributed by atoms with E-state index in [9.17, 15) is 0 Å². The van der Waals surface area contributed by atoms with E-state index in [0.717, 1.165) is 17.2 Å². The van der Waals surface area contributed by atoms with E-state index in [4.69, 9.17) is 4.74 Å². The number of ether oxygens (including phenoxy) is 1.